The molecule has 0 saturated carbocycles. The van der Waals surface area contributed by atoms with Gasteiger partial charge in [0.25, 0.3) is 0 Å². The van der Waals surface area contributed by atoms with Crippen LogP contribution in [0.2, 0.25) is 0 Å². The SMILES string of the molecule is CN(C)c1ccc(C(CNC(=O)Nc2ccccc2)N2CCCC2)cc1. The third kappa shape index (κ3) is 4.76. The van der Waals surface area contributed by atoms with Crippen molar-refractivity contribution in [2.24, 2.45) is 0 Å². The topological polar surface area (TPSA) is 47.6 Å². The monoisotopic (exact) mass is 352 g/mol. The molecular formula is C21H28N4O. The predicted molar refractivity (Wildman–Crippen MR) is 108 cm³/mol. The maximum Gasteiger partial charge on any atom is 0.319 e. The van der Waals surface area contributed by atoms with Gasteiger partial charge in [0.05, 0.1) is 6.04 Å². The van der Waals surface area contributed by atoms with Crippen LogP contribution in [0.1, 0.15) is 24.4 Å². The van der Waals surface area contributed by atoms with E-state index in [0.29, 0.717) is 6.54 Å². The zero-order valence-corrected chi connectivity index (χ0v) is 15.6. The second kappa shape index (κ2) is 8.72. The Balaban J connectivity index is 1.65. The first-order valence-electron chi connectivity index (χ1n) is 9.25. The van der Waals surface area contributed by atoms with Crippen LogP contribution in [0.25, 0.3) is 0 Å². The van der Waals surface area contributed by atoms with Crippen molar-refractivity contribution >= 4 is 17.4 Å². The number of anilines is 2. The van der Waals surface area contributed by atoms with Gasteiger partial charge in [0.1, 0.15) is 0 Å². The quantitative estimate of drug-likeness (QED) is 0.833. The van der Waals surface area contributed by atoms with Crippen LogP contribution in [0, 0.1) is 0 Å². The highest BCUT2D eigenvalue weighted by Crippen LogP contribution is 2.26. The van der Waals surface area contributed by atoms with E-state index in [-0.39, 0.29) is 12.1 Å². The molecule has 138 valence electrons. The molecule has 0 radical (unpaired) electrons. The second-order valence-electron chi connectivity index (χ2n) is 6.95. The van der Waals surface area contributed by atoms with Gasteiger partial charge in [0.15, 0.2) is 0 Å². The second-order valence-corrected chi connectivity index (χ2v) is 6.95. The maximum absolute atomic E-state index is 12.3. The van der Waals surface area contributed by atoms with Gasteiger partial charge in [-0.15, -0.1) is 0 Å². The number of urea groups is 1. The lowest BCUT2D eigenvalue weighted by Crippen LogP contribution is -2.38. The van der Waals surface area contributed by atoms with E-state index in [1.54, 1.807) is 0 Å². The summed E-state index contributed by atoms with van der Waals surface area (Å²) in [4.78, 5) is 16.8. The maximum atomic E-state index is 12.3. The molecule has 0 bridgehead atoms. The Kier molecular flexibility index (Phi) is 6.12. The molecule has 2 aromatic rings. The molecule has 2 amide bonds. The van der Waals surface area contributed by atoms with Crippen LogP contribution >= 0.6 is 0 Å². The molecule has 1 fully saturated rings. The average molecular weight is 352 g/mol. The van der Waals surface area contributed by atoms with E-state index in [1.165, 1.54) is 24.1 Å². The summed E-state index contributed by atoms with van der Waals surface area (Å²) in [6.45, 7) is 2.77. The number of nitrogens with zero attached hydrogens (tertiary/aromatic N) is 2. The minimum absolute atomic E-state index is 0.162. The van der Waals surface area contributed by atoms with E-state index in [0.717, 1.165) is 18.8 Å². The highest BCUT2D eigenvalue weighted by atomic mass is 16.2. The molecule has 26 heavy (non-hydrogen) atoms. The summed E-state index contributed by atoms with van der Waals surface area (Å²) in [5.74, 6) is 0. The van der Waals surface area contributed by atoms with E-state index in [4.69, 9.17) is 0 Å². The van der Waals surface area contributed by atoms with Crippen molar-refractivity contribution in [1.82, 2.24) is 10.2 Å². The normalized spacial score (nSPS) is 15.5. The molecule has 1 atom stereocenters. The van der Waals surface area contributed by atoms with Gasteiger partial charge >= 0.3 is 6.03 Å². The molecule has 1 unspecified atom stereocenters. The molecule has 1 saturated heterocycles. The number of benzene rings is 2. The Bertz CT molecular complexity index is 694. The first-order valence-corrected chi connectivity index (χ1v) is 9.25. The van der Waals surface area contributed by atoms with Crippen LogP contribution in [0.15, 0.2) is 54.6 Å². The van der Waals surface area contributed by atoms with E-state index in [9.17, 15) is 4.79 Å². The molecule has 0 spiro atoms. The van der Waals surface area contributed by atoms with Crippen molar-refractivity contribution in [3.8, 4) is 0 Å². The molecule has 2 N–H and O–H groups in total. The molecule has 5 heteroatoms. The number of rotatable bonds is 6. The third-order valence-electron chi connectivity index (χ3n) is 4.86. The summed E-state index contributed by atoms with van der Waals surface area (Å²) >= 11 is 0. The molecule has 2 aromatic carbocycles. The Morgan fingerprint density at radius 3 is 2.31 bits per heavy atom. The van der Waals surface area contributed by atoms with Crippen molar-refractivity contribution in [1.29, 1.82) is 0 Å². The number of carbonyl (C=O) groups excluding carboxylic acids is 1. The molecular weight excluding hydrogens is 324 g/mol. The summed E-state index contributed by atoms with van der Waals surface area (Å²) < 4.78 is 0. The highest BCUT2D eigenvalue weighted by Gasteiger charge is 2.24. The van der Waals surface area contributed by atoms with E-state index in [2.05, 4.69) is 44.7 Å². The van der Waals surface area contributed by atoms with Crippen LogP contribution in [0.5, 0.6) is 0 Å². The largest absolute Gasteiger partial charge is 0.378 e. The number of amides is 2. The lowest BCUT2D eigenvalue weighted by molar-refractivity contribution is 0.227. The van der Waals surface area contributed by atoms with Crippen LogP contribution in [-0.4, -0.2) is 44.7 Å². The van der Waals surface area contributed by atoms with Crippen LogP contribution in [-0.2, 0) is 0 Å². The van der Waals surface area contributed by atoms with E-state index in [1.807, 2.05) is 44.4 Å². The fourth-order valence-electron chi connectivity index (χ4n) is 3.39. The van der Waals surface area contributed by atoms with Crippen molar-refractivity contribution in [2.75, 3.05) is 43.9 Å². The first-order chi connectivity index (χ1) is 12.6. The summed E-state index contributed by atoms with van der Waals surface area (Å²) in [5, 5.41) is 5.93. The van der Waals surface area contributed by atoms with E-state index >= 15 is 0 Å². The van der Waals surface area contributed by atoms with Crippen molar-refractivity contribution in [3.05, 3.63) is 60.2 Å². The minimum atomic E-state index is -0.162. The fourth-order valence-corrected chi connectivity index (χ4v) is 3.39. The summed E-state index contributed by atoms with van der Waals surface area (Å²) in [5.41, 5.74) is 3.24. The predicted octanol–water partition coefficient (Wildman–Crippen LogP) is 3.71. The summed E-state index contributed by atoms with van der Waals surface area (Å²) in [6, 6.07) is 18.2. The number of para-hydroxylation sites is 1. The van der Waals surface area contributed by atoms with Crippen molar-refractivity contribution < 1.29 is 4.79 Å². The minimum Gasteiger partial charge on any atom is -0.378 e. The Morgan fingerprint density at radius 2 is 1.69 bits per heavy atom. The van der Waals surface area contributed by atoms with Gasteiger partial charge < -0.3 is 15.5 Å². The number of nitrogens with one attached hydrogen (secondary N) is 2. The van der Waals surface area contributed by atoms with Crippen LogP contribution in [0.3, 0.4) is 0 Å². The molecule has 0 aliphatic carbocycles. The van der Waals surface area contributed by atoms with Gasteiger partial charge in [-0.05, 0) is 55.8 Å². The molecule has 1 aliphatic rings. The summed E-state index contributed by atoms with van der Waals surface area (Å²) in [6.07, 6.45) is 2.45. The zero-order chi connectivity index (χ0) is 18.4. The van der Waals surface area contributed by atoms with Gasteiger partial charge in [-0.3, -0.25) is 4.90 Å². The smallest absolute Gasteiger partial charge is 0.319 e. The van der Waals surface area contributed by atoms with Crippen molar-refractivity contribution in [2.45, 2.75) is 18.9 Å². The van der Waals surface area contributed by atoms with Crippen molar-refractivity contribution in [3.63, 3.8) is 0 Å². The lowest BCUT2D eigenvalue weighted by Gasteiger charge is -2.28. The van der Waals surface area contributed by atoms with Gasteiger partial charge in [-0.1, -0.05) is 30.3 Å². The Hall–Kier alpha value is -2.53. The number of hydrogen-bond acceptors (Lipinski definition) is 3. The molecule has 1 heterocycles. The number of likely N-dealkylation sites (tertiary alicyclic amines) is 1. The van der Waals surface area contributed by atoms with Gasteiger partial charge in [0.2, 0.25) is 0 Å². The lowest BCUT2D eigenvalue weighted by atomic mass is 10.0. The number of carbonyl (C=O) groups is 1. The van der Waals surface area contributed by atoms with E-state index < -0.39 is 0 Å². The first kappa shape index (κ1) is 18.3. The fraction of sp³-hybridized carbons (Fsp3) is 0.381. The average Bonchev–Trinajstić information content (AvgIpc) is 3.17. The van der Waals surface area contributed by atoms with Crippen LogP contribution in [0.4, 0.5) is 16.2 Å². The highest BCUT2D eigenvalue weighted by molar-refractivity contribution is 5.89. The van der Waals surface area contributed by atoms with Gasteiger partial charge in [0, 0.05) is 32.0 Å². The molecule has 1 aliphatic heterocycles. The molecule has 5 nitrogen and oxygen atoms in total. The summed E-state index contributed by atoms with van der Waals surface area (Å²) in [7, 11) is 4.09. The van der Waals surface area contributed by atoms with Gasteiger partial charge in [-0.2, -0.15) is 0 Å². The third-order valence-corrected chi connectivity index (χ3v) is 4.86. The zero-order valence-electron chi connectivity index (χ0n) is 15.6. The molecule has 3 rings (SSSR count). The Morgan fingerprint density at radius 1 is 1.04 bits per heavy atom. The van der Waals surface area contributed by atoms with Gasteiger partial charge in [-0.25, -0.2) is 4.79 Å². The molecule has 0 aromatic heterocycles. The standard InChI is InChI=1S/C21H28N4O/c1-24(2)19-12-10-17(11-13-19)20(25-14-6-7-15-25)16-22-21(26)23-18-8-4-3-5-9-18/h3-5,8-13,20H,6-7,14-16H2,1-2H3,(H2,22,23,26). The Labute approximate surface area is 156 Å². The number of hydrogen-bond donors (Lipinski definition) is 2. The van der Waals surface area contributed by atoms with Crippen LogP contribution < -0.4 is 15.5 Å².